The fourth-order valence-corrected chi connectivity index (χ4v) is 3.92. The molecule has 150 valence electrons. The van der Waals surface area contributed by atoms with Crippen LogP contribution in [0.25, 0.3) is 0 Å². The highest BCUT2D eigenvalue weighted by Crippen LogP contribution is 2.18. The zero-order valence-electron chi connectivity index (χ0n) is 16.3. The highest BCUT2D eigenvalue weighted by molar-refractivity contribution is 7.92. The van der Waals surface area contributed by atoms with E-state index in [9.17, 15) is 13.2 Å². The van der Waals surface area contributed by atoms with Crippen LogP contribution >= 0.6 is 0 Å². The van der Waals surface area contributed by atoms with Gasteiger partial charge in [-0.1, -0.05) is 49.4 Å². The molecule has 0 bridgehead atoms. The molecule has 0 saturated carbocycles. The van der Waals surface area contributed by atoms with E-state index in [-0.39, 0.29) is 10.8 Å². The molecular weight excluding hydrogens is 384 g/mol. The van der Waals surface area contributed by atoms with E-state index in [2.05, 4.69) is 29.1 Å². The van der Waals surface area contributed by atoms with Crippen LogP contribution in [0.5, 0.6) is 0 Å². The van der Waals surface area contributed by atoms with E-state index >= 15 is 0 Å². The van der Waals surface area contributed by atoms with Crippen LogP contribution in [0.15, 0.2) is 83.8 Å². The summed E-state index contributed by atoms with van der Waals surface area (Å²) in [5, 5.41) is 2.81. The average Bonchev–Trinajstić information content (AvgIpc) is 2.73. The lowest BCUT2D eigenvalue weighted by Gasteiger charge is -2.09. The van der Waals surface area contributed by atoms with Crippen molar-refractivity contribution in [2.75, 3.05) is 10.0 Å². The normalized spacial score (nSPS) is 11.1. The third-order valence-electron chi connectivity index (χ3n) is 4.55. The second-order valence-electron chi connectivity index (χ2n) is 6.71. The molecule has 0 aliphatic rings. The van der Waals surface area contributed by atoms with Crippen molar-refractivity contribution in [3.05, 3.63) is 90.0 Å². The fraction of sp³-hybridized carbons (Fsp3) is 0.174. The van der Waals surface area contributed by atoms with Gasteiger partial charge in [-0.25, -0.2) is 8.42 Å². The Morgan fingerprint density at radius 3 is 2.03 bits per heavy atom. The molecular formula is C23H24N2O3S. The number of carbonyl (C=O) groups excluding carboxylic acids is 1. The molecule has 2 N–H and O–H groups in total. The topological polar surface area (TPSA) is 75.3 Å². The number of carbonyl (C=O) groups is 1. The number of para-hydroxylation sites is 1. The first-order chi connectivity index (χ1) is 14.0. The van der Waals surface area contributed by atoms with Gasteiger partial charge in [0.2, 0.25) is 5.91 Å². The number of amides is 1. The van der Waals surface area contributed by atoms with E-state index in [0.29, 0.717) is 24.2 Å². The van der Waals surface area contributed by atoms with Crippen molar-refractivity contribution in [3.63, 3.8) is 0 Å². The van der Waals surface area contributed by atoms with Crippen LogP contribution in [0.1, 0.15) is 24.5 Å². The minimum atomic E-state index is -3.67. The molecule has 0 unspecified atom stereocenters. The third-order valence-corrected chi connectivity index (χ3v) is 5.94. The summed E-state index contributed by atoms with van der Waals surface area (Å²) in [6.45, 7) is 2.11. The van der Waals surface area contributed by atoms with Crippen LogP contribution in [-0.2, 0) is 27.7 Å². The van der Waals surface area contributed by atoms with E-state index in [1.165, 1.54) is 17.7 Å². The summed E-state index contributed by atoms with van der Waals surface area (Å²) in [6.07, 6.45) is 2.01. The van der Waals surface area contributed by atoms with Gasteiger partial charge >= 0.3 is 0 Å². The number of anilines is 2. The largest absolute Gasteiger partial charge is 0.326 e. The number of aryl methyl sites for hydroxylation is 2. The summed E-state index contributed by atoms with van der Waals surface area (Å²) in [6, 6.07) is 23.1. The molecule has 0 aromatic heterocycles. The Hall–Kier alpha value is -3.12. The van der Waals surface area contributed by atoms with Crippen molar-refractivity contribution < 1.29 is 13.2 Å². The van der Waals surface area contributed by atoms with Crippen LogP contribution in [0.4, 0.5) is 11.4 Å². The molecule has 0 atom stereocenters. The summed E-state index contributed by atoms with van der Waals surface area (Å²) in [5.74, 6) is -0.109. The van der Waals surface area contributed by atoms with Crippen molar-refractivity contribution in [2.24, 2.45) is 0 Å². The molecule has 3 aromatic carbocycles. The number of benzene rings is 3. The molecule has 0 fully saturated rings. The predicted octanol–water partition coefficient (Wildman–Crippen LogP) is 4.62. The van der Waals surface area contributed by atoms with Gasteiger partial charge in [-0.2, -0.15) is 0 Å². The van der Waals surface area contributed by atoms with Gasteiger partial charge in [0.25, 0.3) is 10.0 Å². The Labute approximate surface area is 171 Å². The maximum atomic E-state index is 12.4. The van der Waals surface area contributed by atoms with Crippen molar-refractivity contribution in [1.29, 1.82) is 0 Å². The highest BCUT2D eigenvalue weighted by Gasteiger charge is 2.14. The second-order valence-corrected chi connectivity index (χ2v) is 8.40. The molecule has 0 heterocycles. The Bertz CT molecular complexity index is 1050. The lowest BCUT2D eigenvalue weighted by molar-refractivity contribution is -0.116. The van der Waals surface area contributed by atoms with E-state index in [0.717, 1.165) is 12.0 Å². The molecule has 6 heteroatoms. The first-order valence-corrected chi connectivity index (χ1v) is 11.0. The van der Waals surface area contributed by atoms with Gasteiger partial charge in [-0.05, 0) is 60.4 Å². The molecule has 0 aliphatic carbocycles. The number of hydrogen-bond acceptors (Lipinski definition) is 3. The summed E-state index contributed by atoms with van der Waals surface area (Å²) < 4.78 is 27.4. The van der Waals surface area contributed by atoms with Gasteiger partial charge in [0.05, 0.1) is 4.90 Å². The number of hydrogen-bond donors (Lipinski definition) is 2. The van der Waals surface area contributed by atoms with Crippen LogP contribution in [0.3, 0.4) is 0 Å². The van der Waals surface area contributed by atoms with Crippen LogP contribution in [0.2, 0.25) is 0 Å². The second kappa shape index (κ2) is 9.39. The van der Waals surface area contributed by atoms with Gasteiger partial charge < -0.3 is 5.32 Å². The van der Waals surface area contributed by atoms with Gasteiger partial charge in [0.15, 0.2) is 0 Å². The van der Waals surface area contributed by atoms with Crippen molar-refractivity contribution >= 4 is 27.3 Å². The maximum absolute atomic E-state index is 12.4. The van der Waals surface area contributed by atoms with E-state index in [1.54, 1.807) is 36.4 Å². The molecule has 0 aliphatic heterocycles. The number of rotatable bonds is 8. The average molecular weight is 409 g/mol. The summed E-state index contributed by atoms with van der Waals surface area (Å²) in [7, 11) is -3.67. The molecule has 3 aromatic rings. The van der Waals surface area contributed by atoms with Crippen molar-refractivity contribution in [3.8, 4) is 0 Å². The van der Waals surface area contributed by atoms with Gasteiger partial charge in [0, 0.05) is 17.8 Å². The molecule has 1 amide bonds. The van der Waals surface area contributed by atoms with Crippen LogP contribution in [0, 0.1) is 0 Å². The molecule has 0 spiro atoms. The first kappa shape index (κ1) is 20.6. The Morgan fingerprint density at radius 2 is 1.41 bits per heavy atom. The summed E-state index contributed by atoms with van der Waals surface area (Å²) in [4.78, 5) is 12.3. The number of nitrogens with one attached hydrogen (secondary N) is 2. The molecule has 5 nitrogen and oxygen atoms in total. The fourth-order valence-electron chi connectivity index (χ4n) is 2.86. The highest BCUT2D eigenvalue weighted by atomic mass is 32.2. The Balaban J connectivity index is 1.56. The predicted molar refractivity (Wildman–Crippen MR) is 116 cm³/mol. The smallest absolute Gasteiger partial charge is 0.261 e. The molecule has 0 radical (unpaired) electrons. The summed E-state index contributed by atoms with van der Waals surface area (Å²) >= 11 is 0. The number of sulfonamides is 1. The van der Waals surface area contributed by atoms with Gasteiger partial charge in [-0.15, -0.1) is 0 Å². The van der Waals surface area contributed by atoms with Crippen molar-refractivity contribution in [2.45, 2.75) is 31.1 Å². The van der Waals surface area contributed by atoms with Crippen LogP contribution < -0.4 is 10.0 Å². The van der Waals surface area contributed by atoms with Crippen LogP contribution in [-0.4, -0.2) is 14.3 Å². The SMILES string of the molecule is CCc1ccc(CCC(=O)Nc2ccc(S(=O)(=O)Nc3ccccc3)cc2)cc1. The lowest BCUT2D eigenvalue weighted by Crippen LogP contribution is -2.14. The first-order valence-electron chi connectivity index (χ1n) is 9.52. The quantitative estimate of drug-likeness (QED) is 0.571. The monoisotopic (exact) mass is 408 g/mol. The van der Waals surface area contributed by atoms with Crippen molar-refractivity contribution in [1.82, 2.24) is 0 Å². The zero-order valence-corrected chi connectivity index (χ0v) is 17.1. The van der Waals surface area contributed by atoms with E-state index in [4.69, 9.17) is 0 Å². The lowest BCUT2D eigenvalue weighted by atomic mass is 10.1. The minimum Gasteiger partial charge on any atom is -0.326 e. The Morgan fingerprint density at radius 1 is 0.793 bits per heavy atom. The zero-order chi connectivity index (χ0) is 20.7. The molecule has 3 rings (SSSR count). The molecule has 29 heavy (non-hydrogen) atoms. The maximum Gasteiger partial charge on any atom is 0.261 e. The Kier molecular flexibility index (Phi) is 6.67. The third kappa shape index (κ3) is 5.93. The van der Waals surface area contributed by atoms with Gasteiger partial charge in [0.1, 0.15) is 0 Å². The summed E-state index contributed by atoms with van der Waals surface area (Å²) in [5.41, 5.74) is 3.45. The standard InChI is InChI=1S/C23H24N2O3S/c1-2-18-8-10-19(11-9-18)12-17-23(26)24-20-13-15-22(16-14-20)29(27,28)25-21-6-4-3-5-7-21/h3-11,13-16,25H,2,12,17H2,1H3,(H,24,26). The van der Waals surface area contributed by atoms with E-state index < -0.39 is 10.0 Å². The minimum absolute atomic E-state index is 0.109. The molecule has 0 saturated heterocycles. The van der Waals surface area contributed by atoms with E-state index in [1.807, 2.05) is 18.2 Å². The van der Waals surface area contributed by atoms with Gasteiger partial charge in [-0.3, -0.25) is 9.52 Å².